The Morgan fingerprint density at radius 1 is 1.09 bits per heavy atom. The number of aliphatic carboxylic acids is 1. The molecule has 1 aromatic heterocycles. The molecule has 2 aromatic rings. The van der Waals surface area contributed by atoms with Crippen molar-refractivity contribution in [2.24, 2.45) is 12.5 Å². The number of Topliss-reactive ketones (excluding diaryl/α,β-unsaturated/α-hetero) is 1. The van der Waals surface area contributed by atoms with Crippen molar-refractivity contribution in [2.45, 2.75) is 72.8 Å². The molecule has 7 heteroatoms. The fourth-order valence-corrected chi connectivity index (χ4v) is 4.19. The highest BCUT2D eigenvalue weighted by atomic mass is 16.5. The summed E-state index contributed by atoms with van der Waals surface area (Å²) in [6, 6.07) is 8.72. The second-order valence-corrected chi connectivity index (χ2v) is 9.93. The first-order chi connectivity index (χ1) is 15.8. The molecule has 34 heavy (non-hydrogen) atoms. The topological polar surface area (TPSA) is 97.6 Å². The molecule has 0 saturated carbocycles. The maximum atomic E-state index is 12.7. The quantitative estimate of drug-likeness (QED) is 0.527. The maximum absolute atomic E-state index is 12.7. The minimum absolute atomic E-state index is 0.0292. The van der Waals surface area contributed by atoms with Crippen LogP contribution < -0.4 is 10.1 Å². The lowest BCUT2D eigenvalue weighted by atomic mass is 9.72. The van der Waals surface area contributed by atoms with Gasteiger partial charge in [-0.15, -0.1) is 0 Å². The molecule has 0 aliphatic rings. The van der Waals surface area contributed by atoms with Gasteiger partial charge in [0, 0.05) is 23.6 Å². The van der Waals surface area contributed by atoms with E-state index in [1.807, 2.05) is 57.5 Å². The zero-order chi connectivity index (χ0) is 25.8. The number of ketones is 1. The van der Waals surface area contributed by atoms with E-state index in [2.05, 4.69) is 25.2 Å². The van der Waals surface area contributed by atoms with E-state index in [1.54, 1.807) is 6.07 Å². The van der Waals surface area contributed by atoms with Gasteiger partial charge in [-0.3, -0.25) is 14.4 Å². The molecular formula is C27H38N2O5. The van der Waals surface area contributed by atoms with Crippen molar-refractivity contribution in [3.63, 3.8) is 0 Å². The number of hydrogen-bond acceptors (Lipinski definition) is 4. The molecule has 0 fully saturated rings. The molecule has 0 aliphatic heterocycles. The average Bonchev–Trinajstić information content (AvgIpc) is 3.15. The van der Waals surface area contributed by atoms with Gasteiger partial charge in [-0.05, 0) is 56.0 Å². The van der Waals surface area contributed by atoms with Gasteiger partial charge in [0.15, 0.2) is 5.78 Å². The minimum atomic E-state index is -1.08. The van der Waals surface area contributed by atoms with Crippen LogP contribution in [0.5, 0.6) is 5.75 Å². The van der Waals surface area contributed by atoms with Gasteiger partial charge < -0.3 is 19.7 Å². The van der Waals surface area contributed by atoms with E-state index in [4.69, 9.17) is 9.84 Å². The van der Waals surface area contributed by atoms with Crippen molar-refractivity contribution in [1.82, 2.24) is 9.88 Å². The van der Waals surface area contributed by atoms with Crippen LogP contribution in [0.25, 0.3) is 0 Å². The zero-order valence-corrected chi connectivity index (χ0v) is 21.6. The first kappa shape index (κ1) is 27.2. The molecule has 0 saturated heterocycles. The Bertz CT molecular complexity index is 1060. The van der Waals surface area contributed by atoms with Crippen LogP contribution in [-0.4, -0.2) is 40.0 Å². The van der Waals surface area contributed by atoms with Crippen molar-refractivity contribution < 1.29 is 24.2 Å². The predicted molar refractivity (Wildman–Crippen MR) is 132 cm³/mol. The van der Waals surface area contributed by atoms with Gasteiger partial charge in [0.05, 0.1) is 0 Å². The lowest BCUT2D eigenvalue weighted by Gasteiger charge is -2.34. The number of aromatic nitrogens is 1. The number of rotatable bonds is 10. The molecule has 0 unspecified atom stereocenters. The third-order valence-electron chi connectivity index (χ3n) is 6.69. The Morgan fingerprint density at radius 2 is 1.71 bits per heavy atom. The number of nitrogens with zero attached hydrogens (tertiary/aromatic N) is 1. The Kier molecular flexibility index (Phi) is 8.35. The molecular weight excluding hydrogens is 432 g/mol. The van der Waals surface area contributed by atoms with Gasteiger partial charge in [0.25, 0.3) is 5.91 Å². The number of amides is 1. The monoisotopic (exact) mass is 470 g/mol. The van der Waals surface area contributed by atoms with Crippen molar-refractivity contribution in [2.75, 3.05) is 6.61 Å². The van der Waals surface area contributed by atoms with Gasteiger partial charge in [-0.25, -0.2) is 0 Å². The normalized spacial score (nSPS) is 12.8. The minimum Gasteiger partial charge on any atom is -0.486 e. The fourth-order valence-electron chi connectivity index (χ4n) is 4.19. The number of carbonyl (C=O) groups is 3. The van der Waals surface area contributed by atoms with Crippen molar-refractivity contribution in [1.29, 1.82) is 0 Å². The summed E-state index contributed by atoms with van der Waals surface area (Å²) in [5.74, 6) is -0.786. The number of hydrogen-bond donors (Lipinski definition) is 2. The molecule has 7 nitrogen and oxygen atoms in total. The van der Waals surface area contributed by atoms with Crippen molar-refractivity contribution in [3.8, 4) is 5.75 Å². The van der Waals surface area contributed by atoms with Gasteiger partial charge in [0.1, 0.15) is 24.1 Å². The SMILES string of the molecule is CCC(CC)(c1ccc(OCC(=O)C(C)(C)C)c(C)c1)c1ccc(C(=O)N[C@@H](C)C(=O)O)n1C. The number of carboxylic acid groups (broad SMARTS) is 1. The summed E-state index contributed by atoms with van der Waals surface area (Å²) in [5, 5.41) is 11.6. The maximum Gasteiger partial charge on any atom is 0.325 e. The van der Waals surface area contributed by atoms with Crippen molar-refractivity contribution >= 4 is 17.7 Å². The van der Waals surface area contributed by atoms with Crippen LogP contribution in [0.15, 0.2) is 30.3 Å². The van der Waals surface area contributed by atoms with E-state index in [1.165, 1.54) is 6.92 Å². The van der Waals surface area contributed by atoms with Crippen LogP contribution in [0.4, 0.5) is 0 Å². The van der Waals surface area contributed by atoms with E-state index in [0.717, 1.165) is 29.7 Å². The lowest BCUT2D eigenvalue weighted by Crippen LogP contribution is -2.39. The molecule has 1 aromatic carbocycles. The van der Waals surface area contributed by atoms with Crippen LogP contribution in [-0.2, 0) is 22.1 Å². The number of aryl methyl sites for hydroxylation is 1. The first-order valence-electron chi connectivity index (χ1n) is 11.8. The summed E-state index contributed by atoms with van der Waals surface area (Å²) >= 11 is 0. The third kappa shape index (κ3) is 5.51. The van der Waals surface area contributed by atoms with E-state index in [0.29, 0.717) is 11.4 Å². The number of carboxylic acids is 1. The summed E-state index contributed by atoms with van der Waals surface area (Å²) in [5.41, 5.74) is 2.61. The standard InChI is InChI=1S/C27H38N2O5/c1-9-27(10-2,22-14-12-20(29(22)8)24(31)28-18(4)25(32)33)19-11-13-21(17(3)15-19)34-16-23(30)26(5,6)7/h11-15,18H,9-10,16H2,1-8H3,(H,28,31)(H,32,33)/t18-/m0/s1. The molecule has 2 rings (SSSR count). The third-order valence-corrected chi connectivity index (χ3v) is 6.69. The largest absolute Gasteiger partial charge is 0.486 e. The summed E-state index contributed by atoms with van der Waals surface area (Å²) in [7, 11) is 1.83. The molecule has 0 aliphatic carbocycles. The van der Waals surface area contributed by atoms with Gasteiger partial charge >= 0.3 is 5.97 Å². The Hall–Kier alpha value is -3.09. The van der Waals surface area contributed by atoms with Crippen LogP contribution in [0.3, 0.4) is 0 Å². The van der Waals surface area contributed by atoms with Gasteiger partial charge in [0.2, 0.25) is 0 Å². The molecule has 186 valence electrons. The van der Waals surface area contributed by atoms with Crippen LogP contribution in [0.1, 0.15) is 81.7 Å². The lowest BCUT2D eigenvalue weighted by molar-refractivity contribution is -0.138. The van der Waals surface area contributed by atoms with Crippen LogP contribution in [0, 0.1) is 12.3 Å². The Labute approximate surface area is 202 Å². The van der Waals surface area contributed by atoms with E-state index >= 15 is 0 Å². The second kappa shape index (κ2) is 10.5. The smallest absolute Gasteiger partial charge is 0.325 e. The van der Waals surface area contributed by atoms with Gasteiger partial charge in [-0.2, -0.15) is 0 Å². The average molecular weight is 471 g/mol. The van der Waals surface area contributed by atoms with Crippen LogP contribution in [0.2, 0.25) is 0 Å². The summed E-state index contributed by atoms with van der Waals surface area (Å²) < 4.78 is 7.67. The summed E-state index contributed by atoms with van der Waals surface area (Å²) in [4.78, 5) is 36.1. The second-order valence-electron chi connectivity index (χ2n) is 9.93. The highest BCUT2D eigenvalue weighted by molar-refractivity contribution is 5.95. The summed E-state index contributed by atoms with van der Waals surface area (Å²) in [6.45, 7) is 13.3. The Morgan fingerprint density at radius 3 is 2.21 bits per heavy atom. The summed E-state index contributed by atoms with van der Waals surface area (Å²) in [6.07, 6.45) is 1.60. The molecule has 2 N–H and O–H groups in total. The number of carbonyl (C=O) groups excluding carboxylic acids is 2. The zero-order valence-electron chi connectivity index (χ0n) is 21.6. The van der Waals surface area contributed by atoms with Crippen molar-refractivity contribution in [3.05, 3.63) is 52.8 Å². The van der Waals surface area contributed by atoms with Gasteiger partial charge in [-0.1, -0.05) is 46.8 Å². The van der Waals surface area contributed by atoms with Crippen LogP contribution >= 0.6 is 0 Å². The van der Waals surface area contributed by atoms with E-state index < -0.39 is 23.3 Å². The van der Waals surface area contributed by atoms with E-state index in [9.17, 15) is 14.4 Å². The molecule has 1 heterocycles. The predicted octanol–water partition coefficient (Wildman–Crippen LogP) is 4.64. The number of nitrogens with one attached hydrogen (secondary N) is 1. The Balaban J connectivity index is 2.39. The number of ether oxygens (including phenoxy) is 1. The highest BCUT2D eigenvalue weighted by Crippen LogP contribution is 2.41. The molecule has 1 atom stereocenters. The highest BCUT2D eigenvalue weighted by Gasteiger charge is 2.35. The van der Waals surface area contributed by atoms with E-state index in [-0.39, 0.29) is 17.8 Å². The first-order valence-corrected chi connectivity index (χ1v) is 11.8. The molecule has 0 spiro atoms. The number of benzene rings is 1. The molecule has 0 bridgehead atoms. The fraction of sp³-hybridized carbons (Fsp3) is 0.519. The molecule has 0 radical (unpaired) electrons. The molecule has 1 amide bonds.